The van der Waals surface area contributed by atoms with Crippen molar-refractivity contribution in [3.05, 3.63) is 54.6 Å². The first kappa shape index (κ1) is 27.1. The maximum atomic E-state index is 13.4. The van der Waals surface area contributed by atoms with E-state index in [1.807, 2.05) is 0 Å². The third kappa shape index (κ3) is 5.96. The molecule has 0 bridgehead atoms. The summed E-state index contributed by atoms with van der Waals surface area (Å²) >= 11 is 12.1. The molecule has 1 saturated carbocycles. The van der Waals surface area contributed by atoms with E-state index in [1.54, 1.807) is 57.6 Å². The summed E-state index contributed by atoms with van der Waals surface area (Å²) in [7, 11) is 3.31. The third-order valence-corrected chi connectivity index (χ3v) is 7.04. The van der Waals surface area contributed by atoms with Crippen molar-refractivity contribution in [2.45, 2.75) is 70.7 Å². The molecule has 0 aliphatic heterocycles. The number of hydrogen-bond acceptors (Lipinski definition) is 7. The second-order valence-electron chi connectivity index (χ2n) is 10.4. The highest BCUT2D eigenvalue weighted by Gasteiger charge is 2.28. The fourth-order valence-corrected chi connectivity index (χ4v) is 4.83. The van der Waals surface area contributed by atoms with Crippen LogP contribution in [0.2, 0.25) is 10.0 Å². The summed E-state index contributed by atoms with van der Waals surface area (Å²) in [5.41, 5.74) is -0.325. The number of benzene rings is 1. The molecule has 1 aliphatic carbocycles. The van der Waals surface area contributed by atoms with Crippen molar-refractivity contribution in [1.82, 2.24) is 18.7 Å². The Morgan fingerprint density at radius 1 is 1.14 bits per heavy atom. The Balaban J connectivity index is 1.58. The Morgan fingerprint density at radius 2 is 1.86 bits per heavy atom. The third-order valence-electron chi connectivity index (χ3n) is 6.30. The van der Waals surface area contributed by atoms with E-state index in [0.717, 1.165) is 23.8 Å². The van der Waals surface area contributed by atoms with Gasteiger partial charge in [0.05, 0.1) is 16.6 Å². The van der Waals surface area contributed by atoms with Crippen molar-refractivity contribution < 1.29 is 14.3 Å². The summed E-state index contributed by atoms with van der Waals surface area (Å²) in [6.07, 6.45) is 2.04. The van der Waals surface area contributed by atoms with E-state index in [2.05, 4.69) is 10.3 Å². The summed E-state index contributed by atoms with van der Waals surface area (Å²) in [5.74, 6) is 0.456. The molecule has 0 spiro atoms. The van der Waals surface area contributed by atoms with Crippen LogP contribution >= 0.6 is 23.2 Å². The number of anilines is 1. The molecule has 2 atom stereocenters. The molecule has 1 fully saturated rings. The molecule has 1 aliphatic rings. The maximum Gasteiger partial charge on any atom is 0.509 e. The van der Waals surface area contributed by atoms with Gasteiger partial charge in [0, 0.05) is 26.6 Å². The van der Waals surface area contributed by atoms with Gasteiger partial charge in [0.25, 0.3) is 5.56 Å². The fraction of sp³-hybridized carbons (Fsp3) is 0.520. The van der Waals surface area contributed by atoms with Crippen LogP contribution in [0.1, 0.15) is 52.0 Å². The molecule has 200 valence electrons. The molecule has 37 heavy (non-hydrogen) atoms. The van der Waals surface area contributed by atoms with E-state index < -0.39 is 23.0 Å². The van der Waals surface area contributed by atoms with Crippen molar-refractivity contribution in [2.75, 3.05) is 5.32 Å². The Labute approximate surface area is 224 Å². The van der Waals surface area contributed by atoms with Crippen LogP contribution in [0.3, 0.4) is 0 Å². The van der Waals surface area contributed by atoms with Gasteiger partial charge in [0.2, 0.25) is 5.95 Å². The minimum absolute atomic E-state index is 0.0350. The molecule has 4 rings (SSSR count). The number of carbonyl (C=O) groups is 1. The van der Waals surface area contributed by atoms with Crippen LogP contribution < -0.4 is 16.6 Å². The van der Waals surface area contributed by atoms with Crippen LogP contribution in [0, 0.1) is 0 Å². The summed E-state index contributed by atoms with van der Waals surface area (Å²) < 4.78 is 15.0. The molecule has 10 nitrogen and oxygen atoms in total. The van der Waals surface area contributed by atoms with Crippen LogP contribution in [0.4, 0.5) is 10.7 Å². The average Bonchev–Trinajstić information content (AvgIpc) is 3.12. The van der Waals surface area contributed by atoms with E-state index in [9.17, 15) is 14.4 Å². The average molecular weight is 552 g/mol. The number of aromatic nitrogens is 4. The van der Waals surface area contributed by atoms with Gasteiger partial charge in [-0.25, -0.2) is 9.59 Å². The first-order valence-corrected chi connectivity index (χ1v) is 12.9. The number of halogens is 2. The lowest BCUT2D eigenvalue weighted by Crippen LogP contribution is -2.39. The zero-order chi connectivity index (χ0) is 27.1. The molecule has 0 radical (unpaired) electrons. The smallest absolute Gasteiger partial charge is 0.431 e. The highest BCUT2D eigenvalue weighted by molar-refractivity contribution is 6.42. The van der Waals surface area contributed by atoms with Crippen LogP contribution in [0.15, 0.2) is 27.8 Å². The van der Waals surface area contributed by atoms with E-state index in [4.69, 9.17) is 32.7 Å². The maximum absolute atomic E-state index is 13.4. The largest absolute Gasteiger partial charge is 0.509 e. The standard InChI is InChI=1S/C25H31Cl2N5O5/c1-25(2,3)37-24(35)36-16-8-6-7-15(12-16)28-22-29-20-19(30(22)4)21(33)32(23(34)31(20)5)13-14-9-10-17(26)18(27)11-14/h9-11,15-16H,6-8,12-13H2,1-5H3,(H,28,29)/t15-,16+/m0/s1. The van der Waals surface area contributed by atoms with Crippen LogP contribution in [0.5, 0.6) is 0 Å². The summed E-state index contributed by atoms with van der Waals surface area (Å²) in [4.78, 5) is 43.1. The molecule has 1 N–H and O–H groups in total. The van der Waals surface area contributed by atoms with Crippen molar-refractivity contribution in [1.29, 1.82) is 0 Å². The van der Waals surface area contributed by atoms with Gasteiger partial charge < -0.3 is 19.4 Å². The van der Waals surface area contributed by atoms with Gasteiger partial charge in [-0.3, -0.25) is 13.9 Å². The molecule has 0 amide bonds. The lowest BCUT2D eigenvalue weighted by atomic mass is 9.93. The zero-order valence-electron chi connectivity index (χ0n) is 21.5. The SMILES string of the molecule is Cn1c(N[C@H]2CCC[C@@H](OC(=O)OC(C)(C)C)C2)nc2c1c(=O)n(Cc1ccc(Cl)c(Cl)c1)c(=O)n2C. The first-order chi connectivity index (χ1) is 17.3. The molecule has 0 unspecified atom stereocenters. The number of imidazole rings is 1. The Kier molecular flexibility index (Phi) is 7.62. The number of ether oxygens (including phenoxy) is 2. The Morgan fingerprint density at radius 3 is 2.54 bits per heavy atom. The van der Waals surface area contributed by atoms with Gasteiger partial charge in [0.1, 0.15) is 11.7 Å². The summed E-state index contributed by atoms with van der Waals surface area (Å²) in [5, 5.41) is 4.11. The number of aryl methyl sites for hydroxylation is 2. The molecular formula is C25H31Cl2N5O5. The van der Waals surface area contributed by atoms with Gasteiger partial charge in [-0.05, 0) is 57.7 Å². The van der Waals surface area contributed by atoms with Gasteiger partial charge in [-0.1, -0.05) is 29.3 Å². The molecule has 2 heterocycles. The second kappa shape index (κ2) is 10.4. The highest BCUT2D eigenvalue weighted by Crippen LogP contribution is 2.26. The normalized spacial score (nSPS) is 18.1. The summed E-state index contributed by atoms with van der Waals surface area (Å²) in [6.45, 7) is 5.41. The first-order valence-electron chi connectivity index (χ1n) is 12.1. The predicted octanol–water partition coefficient (Wildman–Crippen LogP) is 4.46. The van der Waals surface area contributed by atoms with Gasteiger partial charge in [0.15, 0.2) is 11.2 Å². The van der Waals surface area contributed by atoms with E-state index in [0.29, 0.717) is 33.5 Å². The topological polar surface area (TPSA) is 109 Å². The molecule has 1 aromatic carbocycles. The van der Waals surface area contributed by atoms with Crippen molar-refractivity contribution in [3.63, 3.8) is 0 Å². The number of carbonyl (C=O) groups excluding carboxylic acids is 1. The van der Waals surface area contributed by atoms with Gasteiger partial charge in [-0.15, -0.1) is 0 Å². The zero-order valence-corrected chi connectivity index (χ0v) is 23.0. The fourth-order valence-electron chi connectivity index (χ4n) is 4.51. The number of fused-ring (bicyclic) bond motifs is 1. The molecule has 2 aromatic heterocycles. The number of rotatable bonds is 5. The minimum atomic E-state index is -0.682. The number of nitrogens with zero attached hydrogens (tertiary/aromatic N) is 4. The van der Waals surface area contributed by atoms with Gasteiger partial charge >= 0.3 is 11.8 Å². The van der Waals surface area contributed by atoms with Crippen LogP contribution in [0.25, 0.3) is 11.2 Å². The quantitative estimate of drug-likeness (QED) is 0.466. The van der Waals surface area contributed by atoms with Gasteiger partial charge in [-0.2, -0.15) is 4.98 Å². The molecule has 0 saturated heterocycles. The van der Waals surface area contributed by atoms with E-state index in [-0.39, 0.29) is 24.3 Å². The minimum Gasteiger partial charge on any atom is -0.431 e. The number of nitrogens with one attached hydrogen (secondary N) is 1. The molecule has 12 heteroatoms. The second-order valence-corrected chi connectivity index (χ2v) is 11.2. The Bertz CT molecular complexity index is 1450. The summed E-state index contributed by atoms with van der Waals surface area (Å²) in [6, 6.07) is 4.95. The van der Waals surface area contributed by atoms with E-state index in [1.165, 1.54) is 4.57 Å². The highest BCUT2D eigenvalue weighted by atomic mass is 35.5. The van der Waals surface area contributed by atoms with Crippen molar-refractivity contribution >= 4 is 46.5 Å². The van der Waals surface area contributed by atoms with Crippen molar-refractivity contribution in [3.8, 4) is 0 Å². The van der Waals surface area contributed by atoms with Crippen molar-refractivity contribution in [2.24, 2.45) is 14.1 Å². The monoisotopic (exact) mass is 551 g/mol. The van der Waals surface area contributed by atoms with Crippen LogP contribution in [-0.4, -0.2) is 42.6 Å². The predicted molar refractivity (Wildman–Crippen MR) is 143 cm³/mol. The number of hydrogen-bond donors (Lipinski definition) is 1. The van der Waals surface area contributed by atoms with E-state index >= 15 is 0 Å². The molecular weight excluding hydrogens is 521 g/mol. The molecule has 3 aromatic rings. The lowest BCUT2D eigenvalue weighted by molar-refractivity contribution is -0.0343. The van der Waals surface area contributed by atoms with Crippen LogP contribution in [-0.2, 0) is 30.1 Å². The Hall–Kier alpha value is -2.98. The lowest BCUT2D eigenvalue weighted by Gasteiger charge is -2.30.